The van der Waals surface area contributed by atoms with E-state index in [2.05, 4.69) is 20.4 Å². The molecule has 0 unspecified atom stereocenters. The molecular weight excluding hydrogens is 317 g/mol. The van der Waals surface area contributed by atoms with Crippen LogP contribution in [0.1, 0.15) is 4.88 Å². The molecule has 0 spiro atoms. The van der Waals surface area contributed by atoms with Crippen LogP contribution in [0.25, 0.3) is 16.0 Å². The molecule has 0 aromatic carbocycles. The van der Waals surface area contributed by atoms with Crippen molar-refractivity contribution in [3.05, 3.63) is 17.3 Å². The van der Waals surface area contributed by atoms with Gasteiger partial charge in [0.2, 0.25) is 0 Å². The summed E-state index contributed by atoms with van der Waals surface area (Å²) in [7, 11) is 0. The van der Waals surface area contributed by atoms with Crippen LogP contribution in [0.3, 0.4) is 0 Å². The predicted octanol–water partition coefficient (Wildman–Crippen LogP) is 1.77. The average Bonchev–Trinajstić information content (AvgIpc) is 3.12. The van der Waals surface area contributed by atoms with Crippen LogP contribution in [0, 0.1) is 0 Å². The van der Waals surface area contributed by atoms with Crippen molar-refractivity contribution in [1.82, 2.24) is 24.9 Å². The van der Waals surface area contributed by atoms with Crippen LogP contribution in [0.5, 0.6) is 0 Å². The molecule has 1 saturated heterocycles. The molecule has 0 radical (unpaired) electrons. The molecule has 3 aromatic rings. The molecule has 0 bridgehead atoms. The Labute approximate surface area is 126 Å². The number of rotatable bonds is 1. The summed E-state index contributed by atoms with van der Waals surface area (Å²) in [6.07, 6.45) is -3.04. The van der Waals surface area contributed by atoms with Crippen LogP contribution in [0.2, 0.25) is 0 Å². The second-order valence-electron chi connectivity index (χ2n) is 4.97. The number of nitrogens with one attached hydrogen (secondary N) is 1. The first kappa shape index (κ1) is 13.7. The number of hydrogen-bond acceptors (Lipinski definition) is 6. The molecule has 1 aliphatic rings. The Morgan fingerprint density at radius 3 is 2.73 bits per heavy atom. The topological polar surface area (TPSA) is 58.4 Å². The Bertz CT molecular complexity index is 832. The van der Waals surface area contributed by atoms with Gasteiger partial charge in [-0.1, -0.05) is 0 Å². The molecule has 0 saturated carbocycles. The zero-order chi connectivity index (χ0) is 15.3. The standard InChI is InChI=1S/C12H11F3N6S/c13-12(14,15)8-5-7-11(22-8)19-10(9-17-6-18-21(7)9)20-3-1-16-2-4-20/h5-6,16H,1-4H2. The van der Waals surface area contributed by atoms with Crippen LogP contribution in [0.4, 0.5) is 19.0 Å². The van der Waals surface area contributed by atoms with Crippen molar-refractivity contribution in [3.63, 3.8) is 0 Å². The van der Waals surface area contributed by atoms with Crippen LogP contribution in [-0.2, 0) is 6.18 Å². The van der Waals surface area contributed by atoms with E-state index in [0.29, 0.717) is 33.1 Å². The molecule has 3 aromatic heterocycles. The van der Waals surface area contributed by atoms with E-state index in [1.807, 2.05) is 4.90 Å². The zero-order valence-corrected chi connectivity index (χ0v) is 12.1. The van der Waals surface area contributed by atoms with Crippen LogP contribution < -0.4 is 10.2 Å². The summed E-state index contributed by atoms with van der Waals surface area (Å²) >= 11 is 0.634. The second kappa shape index (κ2) is 4.78. The van der Waals surface area contributed by atoms with Crippen molar-refractivity contribution in [2.45, 2.75) is 6.18 Å². The number of hydrogen-bond donors (Lipinski definition) is 1. The normalized spacial score (nSPS) is 16.8. The lowest BCUT2D eigenvalue weighted by Crippen LogP contribution is -2.44. The van der Waals surface area contributed by atoms with Crippen molar-refractivity contribution in [2.75, 3.05) is 31.1 Å². The SMILES string of the molecule is FC(F)(F)c1cc2c(nc(N3CCNCC3)c3ncnn32)s1. The highest BCUT2D eigenvalue weighted by molar-refractivity contribution is 7.18. The van der Waals surface area contributed by atoms with Crippen molar-refractivity contribution in [1.29, 1.82) is 0 Å². The van der Waals surface area contributed by atoms with Crippen molar-refractivity contribution in [2.24, 2.45) is 0 Å². The maximum Gasteiger partial charge on any atom is 0.425 e. The third kappa shape index (κ3) is 2.10. The lowest BCUT2D eigenvalue weighted by molar-refractivity contribution is -0.134. The Kier molecular flexibility index (Phi) is 2.98. The largest absolute Gasteiger partial charge is 0.425 e. The fourth-order valence-electron chi connectivity index (χ4n) is 2.55. The molecule has 116 valence electrons. The average molecular weight is 328 g/mol. The van der Waals surface area contributed by atoms with E-state index in [0.717, 1.165) is 32.2 Å². The van der Waals surface area contributed by atoms with E-state index in [1.54, 1.807) is 0 Å². The molecule has 22 heavy (non-hydrogen) atoms. The van der Waals surface area contributed by atoms with Crippen molar-refractivity contribution in [3.8, 4) is 0 Å². The third-order valence-electron chi connectivity index (χ3n) is 3.57. The van der Waals surface area contributed by atoms with E-state index in [1.165, 1.54) is 10.8 Å². The number of thiophene rings is 1. The van der Waals surface area contributed by atoms with E-state index in [9.17, 15) is 13.2 Å². The van der Waals surface area contributed by atoms with Gasteiger partial charge in [0.25, 0.3) is 0 Å². The van der Waals surface area contributed by atoms with Crippen LogP contribution in [0.15, 0.2) is 12.4 Å². The third-order valence-corrected chi connectivity index (χ3v) is 4.64. The summed E-state index contributed by atoms with van der Waals surface area (Å²) in [6, 6.07) is 1.08. The molecule has 6 nitrogen and oxygen atoms in total. The summed E-state index contributed by atoms with van der Waals surface area (Å²) in [6.45, 7) is 3.08. The molecule has 0 aliphatic carbocycles. The van der Waals surface area contributed by atoms with Gasteiger partial charge in [0, 0.05) is 26.2 Å². The van der Waals surface area contributed by atoms with E-state index < -0.39 is 11.1 Å². The quantitative estimate of drug-likeness (QED) is 0.738. The smallest absolute Gasteiger partial charge is 0.351 e. The van der Waals surface area contributed by atoms with Gasteiger partial charge in [-0.25, -0.2) is 14.5 Å². The summed E-state index contributed by atoms with van der Waals surface area (Å²) in [4.78, 5) is 10.3. The maximum atomic E-state index is 12.9. The summed E-state index contributed by atoms with van der Waals surface area (Å²) in [5, 5.41) is 7.29. The maximum absolute atomic E-state index is 12.9. The highest BCUT2D eigenvalue weighted by Gasteiger charge is 2.34. The molecule has 10 heteroatoms. The van der Waals surface area contributed by atoms with E-state index >= 15 is 0 Å². The van der Waals surface area contributed by atoms with Gasteiger partial charge in [0.15, 0.2) is 11.5 Å². The molecule has 1 aliphatic heterocycles. The minimum absolute atomic E-state index is 0.318. The van der Waals surface area contributed by atoms with Crippen molar-refractivity contribution < 1.29 is 13.2 Å². The van der Waals surface area contributed by atoms with Gasteiger partial charge >= 0.3 is 6.18 Å². The minimum atomic E-state index is -4.38. The van der Waals surface area contributed by atoms with Gasteiger partial charge in [-0.15, -0.1) is 11.3 Å². The summed E-state index contributed by atoms with van der Waals surface area (Å²) < 4.78 is 40.2. The Hall–Kier alpha value is -1.94. The number of anilines is 1. The van der Waals surface area contributed by atoms with Gasteiger partial charge < -0.3 is 10.2 Å². The van der Waals surface area contributed by atoms with Crippen LogP contribution in [-0.4, -0.2) is 45.8 Å². The number of nitrogens with zero attached hydrogens (tertiary/aromatic N) is 5. The molecule has 4 heterocycles. The highest BCUT2D eigenvalue weighted by atomic mass is 32.1. The number of piperazine rings is 1. The Morgan fingerprint density at radius 2 is 2.00 bits per heavy atom. The lowest BCUT2D eigenvalue weighted by Gasteiger charge is -2.28. The molecular formula is C12H11F3N6S. The Balaban J connectivity index is 1.94. The van der Waals surface area contributed by atoms with Gasteiger partial charge in [0.05, 0.1) is 0 Å². The highest BCUT2D eigenvalue weighted by Crippen LogP contribution is 2.38. The first-order chi connectivity index (χ1) is 10.5. The molecule has 1 fully saturated rings. The Morgan fingerprint density at radius 1 is 1.23 bits per heavy atom. The minimum Gasteiger partial charge on any atom is -0.351 e. The molecule has 1 N–H and O–H groups in total. The first-order valence-electron chi connectivity index (χ1n) is 6.70. The fourth-order valence-corrected chi connectivity index (χ4v) is 3.43. The van der Waals surface area contributed by atoms with Gasteiger partial charge in [-0.2, -0.15) is 18.3 Å². The number of alkyl halides is 3. The monoisotopic (exact) mass is 328 g/mol. The predicted molar refractivity (Wildman–Crippen MR) is 76.2 cm³/mol. The number of halogens is 3. The van der Waals surface area contributed by atoms with Gasteiger partial charge in [-0.3, -0.25) is 0 Å². The lowest BCUT2D eigenvalue weighted by atomic mass is 10.3. The molecule has 4 rings (SSSR count). The van der Waals surface area contributed by atoms with E-state index in [-0.39, 0.29) is 0 Å². The molecule has 0 atom stereocenters. The second-order valence-corrected chi connectivity index (χ2v) is 6.00. The zero-order valence-electron chi connectivity index (χ0n) is 11.3. The van der Waals surface area contributed by atoms with E-state index in [4.69, 9.17) is 0 Å². The van der Waals surface area contributed by atoms with Gasteiger partial charge in [-0.05, 0) is 6.07 Å². The first-order valence-corrected chi connectivity index (χ1v) is 7.52. The number of aromatic nitrogens is 4. The number of fused-ring (bicyclic) bond motifs is 3. The van der Waals surface area contributed by atoms with Gasteiger partial charge in [0.1, 0.15) is 21.6 Å². The fraction of sp³-hybridized carbons (Fsp3) is 0.417. The summed E-state index contributed by atoms with van der Waals surface area (Å²) in [5.41, 5.74) is 0.824. The summed E-state index contributed by atoms with van der Waals surface area (Å²) in [5.74, 6) is 0.585. The van der Waals surface area contributed by atoms with Crippen molar-refractivity contribution >= 4 is 33.1 Å². The van der Waals surface area contributed by atoms with Crippen LogP contribution >= 0.6 is 11.3 Å². The molecule has 0 amide bonds.